The minimum atomic E-state index is 0.273. The van der Waals surface area contributed by atoms with E-state index in [4.69, 9.17) is 4.99 Å². The van der Waals surface area contributed by atoms with Gasteiger partial charge in [0, 0.05) is 32.1 Å². The van der Waals surface area contributed by atoms with Crippen LogP contribution in [0, 0.1) is 11.8 Å². The molecule has 3 rings (SSSR count). The maximum Gasteiger partial charge on any atom is 0.222 e. The largest absolute Gasteiger partial charge is 0.357 e. The second kappa shape index (κ2) is 10.7. The van der Waals surface area contributed by atoms with Crippen molar-refractivity contribution in [3.05, 3.63) is 35.4 Å². The molecule has 5 nitrogen and oxygen atoms in total. The number of likely N-dealkylation sites (tertiary alicyclic amines) is 1. The van der Waals surface area contributed by atoms with Crippen LogP contribution in [0.25, 0.3) is 0 Å². The summed E-state index contributed by atoms with van der Waals surface area (Å²) in [6.45, 7) is 9.87. The van der Waals surface area contributed by atoms with E-state index in [1.165, 1.54) is 36.8 Å². The topological polar surface area (TPSA) is 56.7 Å². The first-order valence-corrected chi connectivity index (χ1v) is 11.5. The average Bonchev–Trinajstić information content (AvgIpc) is 3.12. The molecule has 1 saturated carbocycles. The minimum Gasteiger partial charge on any atom is -0.357 e. The molecule has 1 amide bonds. The highest BCUT2D eigenvalue weighted by Crippen LogP contribution is 2.29. The molecule has 1 saturated heterocycles. The molecule has 2 N–H and O–H groups in total. The first-order valence-electron chi connectivity index (χ1n) is 11.5. The van der Waals surface area contributed by atoms with Crippen LogP contribution in [-0.4, -0.2) is 35.9 Å². The molecule has 1 aromatic rings. The highest BCUT2D eigenvalue weighted by Gasteiger charge is 2.24. The van der Waals surface area contributed by atoms with E-state index in [0.717, 1.165) is 37.3 Å². The minimum absolute atomic E-state index is 0.273. The fourth-order valence-electron chi connectivity index (χ4n) is 4.55. The van der Waals surface area contributed by atoms with Gasteiger partial charge in [-0.2, -0.15) is 0 Å². The molecule has 1 heterocycles. The van der Waals surface area contributed by atoms with Crippen molar-refractivity contribution in [3.63, 3.8) is 0 Å². The fraction of sp³-hybridized carbons (Fsp3) is 0.667. The van der Waals surface area contributed by atoms with Gasteiger partial charge in [0.1, 0.15) is 0 Å². The standard InChI is InChI=1S/C24H38N4O/c1-4-25-24(27-22-13-11-19(12-14-22)18(2)3)26-16-20-8-5-6-9-21(20)17-28-15-7-10-23(28)29/h5-6,8-9,18-19,22H,4,7,10-17H2,1-3H3,(H2,25,26,27). The molecule has 160 valence electrons. The van der Waals surface area contributed by atoms with Crippen LogP contribution in [0.1, 0.15) is 70.4 Å². The molecular weight excluding hydrogens is 360 g/mol. The number of benzene rings is 1. The molecule has 1 aliphatic carbocycles. The van der Waals surface area contributed by atoms with Crippen LogP contribution < -0.4 is 10.6 Å². The molecule has 0 radical (unpaired) electrons. The molecule has 1 aliphatic heterocycles. The second-order valence-electron chi connectivity index (χ2n) is 8.88. The van der Waals surface area contributed by atoms with E-state index in [0.29, 0.717) is 25.6 Å². The van der Waals surface area contributed by atoms with Gasteiger partial charge < -0.3 is 15.5 Å². The number of hydrogen-bond donors (Lipinski definition) is 2. The monoisotopic (exact) mass is 398 g/mol. The smallest absolute Gasteiger partial charge is 0.222 e. The Bertz CT molecular complexity index is 692. The summed E-state index contributed by atoms with van der Waals surface area (Å²) in [5.74, 6) is 2.84. The number of amides is 1. The van der Waals surface area contributed by atoms with Gasteiger partial charge in [0.05, 0.1) is 6.54 Å². The van der Waals surface area contributed by atoms with Crippen molar-refractivity contribution < 1.29 is 4.79 Å². The SMILES string of the molecule is CCNC(=NCc1ccccc1CN1CCCC1=O)NC1CCC(C(C)C)CC1. The third-order valence-corrected chi connectivity index (χ3v) is 6.46. The molecule has 0 atom stereocenters. The zero-order valence-electron chi connectivity index (χ0n) is 18.4. The van der Waals surface area contributed by atoms with E-state index >= 15 is 0 Å². The lowest BCUT2D eigenvalue weighted by atomic mass is 9.80. The van der Waals surface area contributed by atoms with Gasteiger partial charge in [-0.1, -0.05) is 38.1 Å². The van der Waals surface area contributed by atoms with E-state index in [1.54, 1.807) is 0 Å². The molecular formula is C24H38N4O. The summed E-state index contributed by atoms with van der Waals surface area (Å²) >= 11 is 0. The maximum absolute atomic E-state index is 12.0. The van der Waals surface area contributed by atoms with Gasteiger partial charge in [-0.05, 0) is 62.0 Å². The summed E-state index contributed by atoms with van der Waals surface area (Å²) in [5, 5.41) is 7.07. The number of carbonyl (C=O) groups is 1. The quantitative estimate of drug-likeness (QED) is 0.537. The summed E-state index contributed by atoms with van der Waals surface area (Å²) in [6.07, 6.45) is 6.73. The first kappa shape index (κ1) is 21.7. The fourth-order valence-corrected chi connectivity index (χ4v) is 4.55. The Morgan fingerprint density at radius 3 is 2.52 bits per heavy atom. The number of carbonyl (C=O) groups excluding carboxylic acids is 1. The normalized spacial score (nSPS) is 23.0. The van der Waals surface area contributed by atoms with Crippen LogP contribution in [0.4, 0.5) is 0 Å². The number of hydrogen-bond acceptors (Lipinski definition) is 2. The van der Waals surface area contributed by atoms with Gasteiger partial charge in [-0.25, -0.2) is 4.99 Å². The van der Waals surface area contributed by atoms with Crippen molar-refractivity contribution in [1.29, 1.82) is 0 Å². The second-order valence-corrected chi connectivity index (χ2v) is 8.88. The Labute approximate surface area is 176 Å². The summed E-state index contributed by atoms with van der Waals surface area (Å²) in [7, 11) is 0. The zero-order valence-corrected chi connectivity index (χ0v) is 18.4. The highest BCUT2D eigenvalue weighted by molar-refractivity contribution is 5.80. The van der Waals surface area contributed by atoms with Crippen LogP contribution in [0.5, 0.6) is 0 Å². The number of nitrogens with zero attached hydrogens (tertiary/aromatic N) is 2. The lowest BCUT2D eigenvalue weighted by Gasteiger charge is -2.32. The predicted octanol–water partition coefficient (Wildman–Crippen LogP) is 4.08. The summed E-state index contributed by atoms with van der Waals surface area (Å²) in [6, 6.07) is 8.90. The predicted molar refractivity (Wildman–Crippen MR) is 120 cm³/mol. The van der Waals surface area contributed by atoms with Gasteiger partial charge in [-0.15, -0.1) is 0 Å². The first-order chi connectivity index (χ1) is 14.1. The van der Waals surface area contributed by atoms with Crippen molar-refractivity contribution in [2.75, 3.05) is 13.1 Å². The Morgan fingerprint density at radius 2 is 1.90 bits per heavy atom. The van der Waals surface area contributed by atoms with E-state index < -0.39 is 0 Å². The third-order valence-electron chi connectivity index (χ3n) is 6.46. The van der Waals surface area contributed by atoms with Gasteiger partial charge in [0.2, 0.25) is 5.91 Å². The number of nitrogens with one attached hydrogen (secondary N) is 2. The number of aliphatic imine (C=N–C) groups is 1. The molecule has 2 fully saturated rings. The van der Waals surface area contributed by atoms with Crippen molar-refractivity contribution in [3.8, 4) is 0 Å². The van der Waals surface area contributed by atoms with Crippen molar-refractivity contribution >= 4 is 11.9 Å². The summed E-state index contributed by atoms with van der Waals surface area (Å²) in [4.78, 5) is 18.9. The Kier molecular flexibility index (Phi) is 7.96. The van der Waals surface area contributed by atoms with Gasteiger partial charge in [0.15, 0.2) is 5.96 Å². The van der Waals surface area contributed by atoms with Crippen molar-refractivity contribution in [2.24, 2.45) is 16.8 Å². The Balaban J connectivity index is 1.61. The average molecular weight is 399 g/mol. The molecule has 5 heteroatoms. The molecule has 0 spiro atoms. The molecule has 2 aliphatic rings. The highest BCUT2D eigenvalue weighted by atomic mass is 16.2. The van der Waals surface area contributed by atoms with Crippen LogP contribution in [0.15, 0.2) is 29.3 Å². The van der Waals surface area contributed by atoms with Crippen LogP contribution in [-0.2, 0) is 17.9 Å². The molecule has 0 bridgehead atoms. The maximum atomic E-state index is 12.0. The molecule has 1 aromatic carbocycles. The summed E-state index contributed by atoms with van der Waals surface area (Å²) < 4.78 is 0. The number of guanidine groups is 1. The van der Waals surface area contributed by atoms with E-state index in [2.05, 4.69) is 55.7 Å². The van der Waals surface area contributed by atoms with E-state index in [1.807, 2.05) is 4.90 Å². The van der Waals surface area contributed by atoms with Gasteiger partial charge in [-0.3, -0.25) is 4.79 Å². The molecule has 0 aromatic heterocycles. The zero-order chi connectivity index (χ0) is 20.6. The van der Waals surface area contributed by atoms with Crippen LogP contribution in [0.2, 0.25) is 0 Å². The molecule has 29 heavy (non-hydrogen) atoms. The van der Waals surface area contributed by atoms with Gasteiger partial charge >= 0.3 is 0 Å². The Morgan fingerprint density at radius 1 is 1.17 bits per heavy atom. The summed E-state index contributed by atoms with van der Waals surface area (Å²) in [5.41, 5.74) is 2.41. The van der Waals surface area contributed by atoms with Crippen molar-refractivity contribution in [1.82, 2.24) is 15.5 Å². The lowest BCUT2D eigenvalue weighted by molar-refractivity contribution is -0.128. The Hall–Kier alpha value is -2.04. The third kappa shape index (κ3) is 6.22. The van der Waals surface area contributed by atoms with Crippen molar-refractivity contribution in [2.45, 2.75) is 78.4 Å². The number of rotatable bonds is 7. The van der Waals surface area contributed by atoms with Gasteiger partial charge in [0.25, 0.3) is 0 Å². The lowest BCUT2D eigenvalue weighted by Crippen LogP contribution is -2.45. The molecule has 0 unspecified atom stereocenters. The van der Waals surface area contributed by atoms with Crippen LogP contribution in [0.3, 0.4) is 0 Å². The van der Waals surface area contributed by atoms with E-state index in [9.17, 15) is 4.79 Å². The van der Waals surface area contributed by atoms with Crippen LogP contribution >= 0.6 is 0 Å². The van der Waals surface area contributed by atoms with E-state index in [-0.39, 0.29) is 5.91 Å².